The molecule has 0 fully saturated rings. The molecular formula is C10H15BrO3S. The maximum Gasteiger partial charge on any atom is 0.261 e. The molecule has 0 aromatic heterocycles. The maximum atomic E-state index is 9.19. The highest BCUT2D eigenvalue weighted by atomic mass is 79.9. The van der Waals surface area contributed by atoms with Gasteiger partial charge in [-0.05, 0) is 18.9 Å². The Labute approximate surface area is 99.4 Å². The van der Waals surface area contributed by atoms with Crippen LogP contribution in [0.5, 0.6) is 0 Å². The van der Waals surface area contributed by atoms with E-state index >= 15 is 0 Å². The molecule has 0 bridgehead atoms. The molecule has 0 spiro atoms. The Balaban J connectivity index is 0.000000336. The largest absolute Gasteiger partial charge is 0.286 e. The highest BCUT2D eigenvalue weighted by Gasteiger charge is 1.88. The number of benzene rings is 1. The van der Waals surface area contributed by atoms with E-state index in [1.807, 2.05) is 0 Å². The predicted octanol–water partition coefficient (Wildman–Crippen LogP) is 2.44. The molecule has 0 unspecified atom stereocenters. The van der Waals surface area contributed by atoms with Gasteiger partial charge in [0.15, 0.2) is 0 Å². The molecule has 0 atom stereocenters. The summed E-state index contributed by atoms with van der Waals surface area (Å²) in [6.45, 7) is 2.11. The lowest BCUT2D eigenvalue weighted by Crippen LogP contribution is -1.88. The molecule has 1 N–H and O–H groups in total. The average Bonchev–Trinajstić information content (AvgIpc) is 2.06. The molecule has 1 aromatic rings. The molecule has 5 heteroatoms. The summed E-state index contributed by atoms with van der Waals surface area (Å²) >= 11 is 3.40. The van der Waals surface area contributed by atoms with Crippen LogP contribution in [0.3, 0.4) is 0 Å². The monoisotopic (exact) mass is 294 g/mol. The second-order valence-electron chi connectivity index (χ2n) is 3.16. The molecule has 0 aliphatic heterocycles. The first-order valence-corrected chi connectivity index (χ1v) is 7.34. The number of rotatable bonds is 2. The summed E-state index contributed by atoms with van der Waals surface area (Å²) in [6, 6.07) is 8.66. The maximum absolute atomic E-state index is 9.19. The molecule has 0 amide bonds. The Bertz CT molecular complexity index is 362. The van der Waals surface area contributed by atoms with Crippen LogP contribution in [0.15, 0.2) is 24.3 Å². The highest BCUT2D eigenvalue weighted by Crippen LogP contribution is 2.04. The van der Waals surface area contributed by atoms with E-state index in [1.54, 1.807) is 0 Å². The van der Waals surface area contributed by atoms with Crippen molar-refractivity contribution >= 4 is 26.0 Å². The predicted molar refractivity (Wildman–Crippen MR) is 66.1 cm³/mol. The van der Waals surface area contributed by atoms with Gasteiger partial charge in [0, 0.05) is 5.33 Å². The van der Waals surface area contributed by atoms with Crippen molar-refractivity contribution in [3.05, 3.63) is 35.4 Å². The lowest BCUT2D eigenvalue weighted by atomic mass is 10.1. The number of alkyl halides is 1. The quantitative estimate of drug-likeness (QED) is 0.673. The van der Waals surface area contributed by atoms with E-state index in [2.05, 4.69) is 47.1 Å². The van der Waals surface area contributed by atoms with E-state index in [0.29, 0.717) is 6.26 Å². The van der Waals surface area contributed by atoms with Crippen molar-refractivity contribution in [1.82, 2.24) is 0 Å². The summed E-state index contributed by atoms with van der Waals surface area (Å²) in [5.74, 6) is 0. The second-order valence-corrected chi connectivity index (χ2v) is 5.42. The summed E-state index contributed by atoms with van der Waals surface area (Å²) in [4.78, 5) is 0. The van der Waals surface area contributed by atoms with Crippen LogP contribution in [0.4, 0.5) is 0 Å². The van der Waals surface area contributed by atoms with E-state index in [1.165, 1.54) is 11.1 Å². The van der Waals surface area contributed by atoms with Gasteiger partial charge >= 0.3 is 0 Å². The van der Waals surface area contributed by atoms with Crippen LogP contribution in [0.1, 0.15) is 11.1 Å². The summed E-state index contributed by atoms with van der Waals surface area (Å²) < 4.78 is 25.9. The number of halogens is 1. The van der Waals surface area contributed by atoms with E-state index < -0.39 is 10.1 Å². The van der Waals surface area contributed by atoms with Gasteiger partial charge in [-0.2, -0.15) is 8.42 Å². The Morgan fingerprint density at radius 3 is 2.00 bits per heavy atom. The van der Waals surface area contributed by atoms with Gasteiger partial charge in [0.2, 0.25) is 0 Å². The molecule has 3 nitrogen and oxygen atoms in total. The molecular weight excluding hydrogens is 280 g/mol. The fraction of sp³-hybridized carbons (Fsp3) is 0.400. The SMILES string of the molecule is CS(=O)(=O)O.Cc1ccc(CCBr)cc1. The van der Waals surface area contributed by atoms with Gasteiger partial charge in [0.25, 0.3) is 10.1 Å². The van der Waals surface area contributed by atoms with Crippen LogP contribution in [0.2, 0.25) is 0 Å². The lowest BCUT2D eigenvalue weighted by Gasteiger charge is -1.96. The minimum Gasteiger partial charge on any atom is -0.286 e. The van der Waals surface area contributed by atoms with Gasteiger partial charge in [-0.15, -0.1) is 0 Å². The van der Waals surface area contributed by atoms with E-state index in [9.17, 15) is 8.42 Å². The average molecular weight is 295 g/mol. The summed E-state index contributed by atoms with van der Waals surface area (Å²) in [6.07, 6.45) is 1.84. The van der Waals surface area contributed by atoms with Gasteiger partial charge in [0.05, 0.1) is 6.26 Å². The van der Waals surface area contributed by atoms with Crippen molar-refractivity contribution in [3.63, 3.8) is 0 Å². The van der Waals surface area contributed by atoms with Gasteiger partial charge < -0.3 is 0 Å². The van der Waals surface area contributed by atoms with Crippen LogP contribution in [0.25, 0.3) is 0 Å². The van der Waals surface area contributed by atoms with Gasteiger partial charge in [-0.3, -0.25) is 4.55 Å². The molecule has 0 aliphatic rings. The van der Waals surface area contributed by atoms with Gasteiger partial charge in [0.1, 0.15) is 0 Å². The van der Waals surface area contributed by atoms with Crippen molar-refractivity contribution in [2.24, 2.45) is 0 Å². The first kappa shape index (κ1) is 14.6. The van der Waals surface area contributed by atoms with Gasteiger partial charge in [-0.25, -0.2) is 0 Å². The third-order valence-corrected chi connectivity index (χ3v) is 1.90. The zero-order valence-corrected chi connectivity index (χ0v) is 11.2. The fourth-order valence-corrected chi connectivity index (χ4v) is 1.32. The molecule has 0 saturated carbocycles. The second kappa shape index (κ2) is 6.98. The lowest BCUT2D eigenvalue weighted by molar-refractivity contribution is 0.490. The molecule has 1 rings (SSSR count). The summed E-state index contributed by atoms with van der Waals surface area (Å²) in [5.41, 5.74) is 2.74. The number of aryl methyl sites for hydroxylation is 2. The first-order chi connectivity index (χ1) is 6.83. The van der Waals surface area contributed by atoms with Crippen LogP contribution in [-0.2, 0) is 16.5 Å². The third kappa shape index (κ3) is 11.5. The Kier molecular flexibility index (Phi) is 6.80. The third-order valence-electron chi connectivity index (χ3n) is 1.50. The molecule has 1 aromatic carbocycles. The van der Waals surface area contributed by atoms with Gasteiger partial charge in [-0.1, -0.05) is 45.8 Å². The van der Waals surface area contributed by atoms with Crippen molar-refractivity contribution in [2.45, 2.75) is 13.3 Å². The summed E-state index contributed by atoms with van der Waals surface area (Å²) in [7, 11) is -3.67. The Hall–Kier alpha value is -0.390. The Morgan fingerprint density at radius 2 is 1.67 bits per heavy atom. The highest BCUT2D eigenvalue weighted by molar-refractivity contribution is 9.09. The van der Waals surface area contributed by atoms with Crippen molar-refractivity contribution in [2.75, 3.05) is 11.6 Å². The standard InChI is InChI=1S/C9H11Br.CH4O3S/c1-8-2-4-9(5-3-8)6-7-10;1-5(2,3)4/h2-5H,6-7H2,1H3;1H3,(H,2,3,4). The zero-order chi connectivity index (χ0) is 11.9. The van der Waals surface area contributed by atoms with Crippen LogP contribution < -0.4 is 0 Å². The van der Waals surface area contributed by atoms with Crippen molar-refractivity contribution in [3.8, 4) is 0 Å². The summed E-state index contributed by atoms with van der Waals surface area (Å²) in [5, 5.41) is 1.05. The van der Waals surface area contributed by atoms with Crippen LogP contribution in [0, 0.1) is 6.92 Å². The minimum absolute atomic E-state index is 0.715. The smallest absolute Gasteiger partial charge is 0.261 e. The zero-order valence-electron chi connectivity index (χ0n) is 8.77. The fourth-order valence-electron chi connectivity index (χ4n) is 0.864. The number of hydrogen-bond donors (Lipinski definition) is 1. The van der Waals surface area contributed by atoms with Crippen molar-refractivity contribution in [1.29, 1.82) is 0 Å². The normalized spacial score (nSPS) is 10.4. The molecule has 0 heterocycles. The molecule has 0 radical (unpaired) electrons. The van der Waals surface area contributed by atoms with Crippen LogP contribution >= 0.6 is 15.9 Å². The molecule has 15 heavy (non-hydrogen) atoms. The Morgan fingerprint density at radius 1 is 1.27 bits per heavy atom. The van der Waals surface area contributed by atoms with Crippen molar-refractivity contribution < 1.29 is 13.0 Å². The number of hydrogen-bond acceptors (Lipinski definition) is 2. The van der Waals surface area contributed by atoms with E-state index in [4.69, 9.17) is 4.55 Å². The molecule has 0 aliphatic carbocycles. The molecule has 0 saturated heterocycles. The molecule has 86 valence electrons. The van der Waals surface area contributed by atoms with E-state index in [-0.39, 0.29) is 0 Å². The first-order valence-electron chi connectivity index (χ1n) is 4.37. The van der Waals surface area contributed by atoms with Crippen LogP contribution in [-0.4, -0.2) is 24.6 Å². The minimum atomic E-state index is -3.67. The topological polar surface area (TPSA) is 54.4 Å². The van der Waals surface area contributed by atoms with E-state index in [0.717, 1.165) is 11.8 Å².